The van der Waals surface area contributed by atoms with Crippen LogP contribution >= 0.6 is 23.4 Å². The van der Waals surface area contributed by atoms with Crippen LogP contribution in [0.5, 0.6) is 0 Å². The second-order valence-electron chi connectivity index (χ2n) is 6.99. The lowest BCUT2D eigenvalue weighted by Crippen LogP contribution is -2.43. The molecule has 0 aromatic heterocycles. The molecule has 1 N–H and O–H groups in total. The molecule has 1 unspecified atom stereocenters. The van der Waals surface area contributed by atoms with E-state index < -0.39 is 0 Å². The molecule has 1 aliphatic rings. The zero-order valence-electron chi connectivity index (χ0n) is 15.6. The zero-order chi connectivity index (χ0) is 18.9. The van der Waals surface area contributed by atoms with Gasteiger partial charge in [-0.3, -0.25) is 9.69 Å². The average Bonchev–Trinajstić information content (AvgIpc) is 2.70. The Hall–Kier alpha value is -1.49. The molecule has 1 fully saturated rings. The number of thioether (sulfide) groups is 1. The average molecular weight is 403 g/mol. The van der Waals surface area contributed by atoms with Crippen molar-refractivity contribution in [3.63, 3.8) is 0 Å². The highest BCUT2D eigenvalue weighted by atomic mass is 35.5. The maximum atomic E-state index is 12.5. The minimum absolute atomic E-state index is 0.107. The van der Waals surface area contributed by atoms with Gasteiger partial charge in [0.25, 0.3) is 0 Å². The Morgan fingerprint density at radius 2 is 1.93 bits per heavy atom. The number of nitrogens with zero attached hydrogens (tertiary/aromatic N) is 1. The Kier molecular flexibility index (Phi) is 8.06. The van der Waals surface area contributed by atoms with Crippen LogP contribution in [0.2, 0.25) is 5.02 Å². The SMILES string of the molecule is O=C(NCCSCc1ccccc1Cl)C1CCCN(Cc2ccccc2)C1. The Morgan fingerprint density at radius 1 is 1.15 bits per heavy atom. The molecule has 1 heterocycles. The molecule has 144 valence electrons. The molecular formula is C22H27ClN2OS. The van der Waals surface area contributed by atoms with Gasteiger partial charge < -0.3 is 5.32 Å². The molecule has 0 spiro atoms. The highest BCUT2D eigenvalue weighted by Crippen LogP contribution is 2.21. The predicted octanol–water partition coefficient (Wildman–Crippen LogP) is 4.60. The Labute approximate surface area is 171 Å². The molecular weight excluding hydrogens is 376 g/mol. The van der Waals surface area contributed by atoms with Crippen LogP contribution in [0, 0.1) is 5.92 Å². The molecule has 0 aliphatic carbocycles. The summed E-state index contributed by atoms with van der Waals surface area (Å²) >= 11 is 7.97. The molecule has 5 heteroatoms. The molecule has 3 nitrogen and oxygen atoms in total. The van der Waals surface area contributed by atoms with Crippen molar-refractivity contribution in [2.75, 3.05) is 25.4 Å². The van der Waals surface area contributed by atoms with Crippen molar-refractivity contribution >= 4 is 29.3 Å². The highest BCUT2D eigenvalue weighted by molar-refractivity contribution is 7.98. The van der Waals surface area contributed by atoms with Crippen molar-refractivity contribution in [1.82, 2.24) is 10.2 Å². The third-order valence-electron chi connectivity index (χ3n) is 4.89. The molecule has 2 aromatic rings. The van der Waals surface area contributed by atoms with E-state index in [0.717, 1.165) is 54.6 Å². The van der Waals surface area contributed by atoms with Gasteiger partial charge in [-0.15, -0.1) is 0 Å². The first-order chi connectivity index (χ1) is 13.2. The summed E-state index contributed by atoms with van der Waals surface area (Å²) < 4.78 is 0. The van der Waals surface area contributed by atoms with Crippen LogP contribution in [0.3, 0.4) is 0 Å². The van der Waals surface area contributed by atoms with Gasteiger partial charge in [0.15, 0.2) is 0 Å². The molecule has 0 radical (unpaired) electrons. The largest absolute Gasteiger partial charge is 0.355 e. The fourth-order valence-corrected chi connectivity index (χ4v) is 4.59. The Morgan fingerprint density at radius 3 is 2.74 bits per heavy atom. The van der Waals surface area contributed by atoms with E-state index in [2.05, 4.69) is 40.5 Å². The van der Waals surface area contributed by atoms with Crippen LogP contribution in [0.4, 0.5) is 0 Å². The molecule has 0 saturated carbocycles. The highest BCUT2D eigenvalue weighted by Gasteiger charge is 2.25. The van der Waals surface area contributed by atoms with Gasteiger partial charge in [-0.1, -0.05) is 60.1 Å². The van der Waals surface area contributed by atoms with E-state index >= 15 is 0 Å². The maximum absolute atomic E-state index is 12.5. The Bertz CT molecular complexity index is 725. The standard InChI is InChI=1S/C22H27ClN2OS/c23-21-11-5-4-9-20(21)17-27-14-12-24-22(26)19-10-6-13-25(16-19)15-18-7-2-1-3-8-18/h1-5,7-9,11,19H,6,10,12-17H2,(H,24,26). The van der Waals surface area contributed by atoms with Gasteiger partial charge >= 0.3 is 0 Å². The number of carbonyl (C=O) groups is 1. The van der Waals surface area contributed by atoms with E-state index in [4.69, 9.17) is 11.6 Å². The normalized spacial score (nSPS) is 17.6. The first kappa shape index (κ1) is 20.2. The fraction of sp³-hybridized carbons (Fsp3) is 0.409. The van der Waals surface area contributed by atoms with E-state index in [0.29, 0.717) is 6.54 Å². The van der Waals surface area contributed by atoms with Crippen molar-refractivity contribution in [3.8, 4) is 0 Å². The summed E-state index contributed by atoms with van der Waals surface area (Å²) in [5, 5.41) is 3.93. The second-order valence-corrected chi connectivity index (χ2v) is 8.51. The monoisotopic (exact) mass is 402 g/mol. The number of halogens is 1. The quantitative estimate of drug-likeness (QED) is 0.655. The summed E-state index contributed by atoms with van der Waals surface area (Å²) in [7, 11) is 0. The van der Waals surface area contributed by atoms with Gasteiger partial charge in [-0.2, -0.15) is 11.8 Å². The fourth-order valence-electron chi connectivity index (χ4n) is 3.44. The Balaban J connectivity index is 1.36. The summed E-state index contributed by atoms with van der Waals surface area (Å²) in [4.78, 5) is 14.9. The van der Waals surface area contributed by atoms with Crippen LogP contribution in [0.1, 0.15) is 24.0 Å². The minimum atomic E-state index is 0.107. The molecule has 27 heavy (non-hydrogen) atoms. The smallest absolute Gasteiger partial charge is 0.224 e. The molecule has 3 rings (SSSR count). The van der Waals surface area contributed by atoms with Crippen LogP contribution in [0.15, 0.2) is 54.6 Å². The van der Waals surface area contributed by atoms with Crippen LogP contribution in [0.25, 0.3) is 0 Å². The summed E-state index contributed by atoms with van der Waals surface area (Å²) in [5.41, 5.74) is 2.47. The number of hydrogen-bond donors (Lipinski definition) is 1. The van der Waals surface area contributed by atoms with Gasteiger partial charge in [-0.05, 0) is 36.6 Å². The summed E-state index contributed by atoms with van der Waals surface area (Å²) in [6, 6.07) is 18.4. The number of piperidine rings is 1. The molecule has 1 aliphatic heterocycles. The number of amides is 1. The molecule has 0 bridgehead atoms. The van der Waals surface area contributed by atoms with E-state index in [-0.39, 0.29) is 11.8 Å². The van der Waals surface area contributed by atoms with Crippen molar-refractivity contribution < 1.29 is 4.79 Å². The molecule has 2 aromatic carbocycles. The van der Waals surface area contributed by atoms with Crippen molar-refractivity contribution in [2.45, 2.75) is 25.1 Å². The lowest BCUT2D eigenvalue weighted by molar-refractivity contribution is -0.126. The maximum Gasteiger partial charge on any atom is 0.224 e. The molecule has 1 saturated heterocycles. The zero-order valence-corrected chi connectivity index (χ0v) is 17.1. The lowest BCUT2D eigenvalue weighted by Gasteiger charge is -2.32. The topological polar surface area (TPSA) is 32.3 Å². The molecule has 1 amide bonds. The van der Waals surface area contributed by atoms with Gasteiger partial charge in [-0.25, -0.2) is 0 Å². The number of nitrogens with one attached hydrogen (secondary N) is 1. The van der Waals surface area contributed by atoms with Crippen molar-refractivity contribution in [1.29, 1.82) is 0 Å². The predicted molar refractivity (Wildman–Crippen MR) is 115 cm³/mol. The van der Waals surface area contributed by atoms with Gasteiger partial charge in [0.1, 0.15) is 0 Å². The summed E-state index contributed by atoms with van der Waals surface area (Å²) in [6.07, 6.45) is 2.08. The second kappa shape index (κ2) is 10.7. The summed E-state index contributed by atoms with van der Waals surface area (Å²) in [6.45, 7) is 3.57. The third-order valence-corrected chi connectivity index (χ3v) is 6.26. The number of hydrogen-bond acceptors (Lipinski definition) is 3. The summed E-state index contributed by atoms with van der Waals surface area (Å²) in [5.74, 6) is 2.09. The van der Waals surface area contributed by atoms with E-state index in [1.165, 1.54) is 5.56 Å². The number of carbonyl (C=O) groups excluding carboxylic acids is 1. The van der Waals surface area contributed by atoms with Crippen molar-refractivity contribution in [2.24, 2.45) is 5.92 Å². The van der Waals surface area contributed by atoms with Crippen LogP contribution in [-0.4, -0.2) is 36.2 Å². The van der Waals surface area contributed by atoms with E-state index in [1.807, 2.05) is 24.3 Å². The minimum Gasteiger partial charge on any atom is -0.355 e. The number of likely N-dealkylation sites (tertiary alicyclic amines) is 1. The van der Waals surface area contributed by atoms with Crippen molar-refractivity contribution in [3.05, 3.63) is 70.7 Å². The van der Waals surface area contributed by atoms with Crippen LogP contribution in [-0.2, 0) is 17.1 Å². The van der Waals surface area contributed by atoms with Gasteiger partial charge in [0, 0.05) is 36.2 Å². The third kappa shape index (κ3) is 6.56. The first-order valence-electron chi connectivity index (χ1n) is 9.57. The lowest BCUT2D eigenvalue weighted by atomic mass is 9.96. The van der Waals surface area contributed by atoms with E-state index in [9.17, 15) is 4.79 Å². The van der Waals surface area contributed by atoms with Gasteiger partial charge in [0.05, 0.1) is 5.92 Å². The first-order valence-corrected chi connectivity index (χ1v) is 11.1. The number of benzene rings is 2. The van der Waals surface area contributed by atoms with Crippen LogP contribution < -0.4 is 5.32 Å². The van der Waals surface area contributed by atoms with Gasteiger partial charge in [0.2, 0.25) is 5.91 Å². The molecule has 1 atom stereocenters. The van der Waals surface area contributed by atoms with E-state index in [1.54, 1.807) is 11.8 Å². The number of rotatable bonds is 8.